The second-order valence-corrected chi connectivity index (χ2v) is 6.63. The Balaban J connectivity index is 1.63. The van der Waals surface area contributed by atoms with E-state index in [-0.39, 0.29) is 19.0 Å². The average molecular weight is 353 g/mol. The third kappa shape index (κ3) is 4.32. The minimum Gasteiger partial charge on any atom is -0.354 e. The Hall–Kier alpha value is -2.05. The lowest BCUT2D eigenvalue weighted by Crippen LogP contribution is -2.30. The SMILES string of the molecule is O=C(CC1CCCCC1)NCCn1c(C(F)(F)F)nc2ccccc21. The Morgan fingerprint density at radius 2 is 1.92 bits per heavy atom. The Morgan fingerprint density at radius 3 is 2.64 bits per heavy atom. The number of nitrogens with zero attached hydrogens (tertiary/aromatic N) is 2. The zero-order valence-electron chi connectivity index (χ0n) is 14.0. The minimum absolute atomic E-state index is 0.0474. The molecule has 0 unspecified atom stereocenters. The van der Waals surface area contributed by atoms with Gasteiger partial charge < -0.3 is 9.88 Å². The van der Waals surface area contributed by atoms with Gasteiger partial charge in [0.15, 0.2) is 0 Å². The summed E-state index contributed by atoms with van der Waals surface area (Å²) < 4.78 is 40.8. The number of hydrogen-bond donors (Lipinski definition) is 1. The molecule has 0 spiro atoms. The number of amides is 1. The highest BCUT2D eigenvalue weighted by Gasteiger charge is 2.37. The van der Waals surface area contributed by atoms with Crippen LogP contribution in [0.25, 0.3) is 11.0 Å². The van der Waals surface area contributed by atoms with Crippen LogP contribution in [0, 0.1) is 5.92 Å². The average Bonchev–Trinajstić information content (AvgIpc) is 2.95. The van der Waals surface area contributed by atoms with Crippen LogP contribution in [0.15, 0.2) is 24.3 Å². The van der Waals surface area contributed by atoms with Crippen molar-refractivity contribution in [2.75, 3.05) is 6.54 Å². The van der Waals surface area contributed by atoms with Crippen LogP contribution in [0.1, 0.15) is 44.3 Å². The van der Waals surface area contributed by atoms with Crippen molar-refractivity contribution in [3.05, 3.63) is 30.1 Å². The van der Waals surface area contributed by atoms with E-state index in [1.54, 1.807) is 24.3 Å². The molecule has 7 heteroatoms. The first-order valence-electron chi connectivity index (χ1n) is 8.74. The number of alkyl halides is 3. The Labute approximate surface area is 144 Å². The zero-order chi connectivity index (χ0) is 17.9. The molecular weight excluding hydrogens is 331 g/mol. The number of para-hydroxylation sites is 2. The van der Waals surface area contributed by atoms with E-state index in [1.807, 2.05) is 0 Å². The maximum absolute atomic E-state index is 13.2. The van der Waals surface area contributed by atoms with Crippen molar-refractivity contribution in [2.45, 2.75) is 51.2 Å². The van der Waals surface area contributed by atoms with Crippen LogP contribution in [-0.2, 0) is 17.5 Å². The zero-order valence-corrected chi connectivity index (χ0v) is 14.0. The Morgan fingerprint density at radius 1 is 1.20 bits per heavy atom. The van der Waals surface area contributed by atoms with Crippen LogP contribution >= 0.6 is 0 Å². The van der Waals surface area contributed by atoms with Crippen molar-refractivity contribution in [1.29, 1.82) is 0 Å². The maximum Gasteiger partial charge on any atom is 0.449 e. The number of halogens is 3. The number of rotatable bonds is 5. The van der Waals surface area contributed by atoms with Gasteiger partial charge in [-0.05, 0) is 30.9 Å². The Bertz CT molecular complexity index is 733. The Kier molecular flexibility index (Phi) is 5.30. The van der Waals surface area contributed by atoms with Crippen molar-refractivity contribution in [2.24, 2.45) is 5.92 Å². The lowest BCUT2D eigenvalue weighted by Gasteiger charge is -2.21. The molecule has 0 bridgehead atoms. The van der Waals surface area contributed by atoms with Crippen molar-refractivity contribution < 1.29 is 18.0 Å². The molecule has 1 amide bonds. The molecule has 1 aliphatic carbocycles. The fourth-order valence-electron chi connectivity index (χ4n) is 3.55. The molecule has 0 saturated heterocycles. The van der Waals surface area contributed by atoms with Crippen molar-refractivity contribution in [3.63, 3.8) is 0 Å². The molecule has 0 radical (unpaired) electrons. The van der Waals surface area contributed by atoms with Gasteiger partial charge in [0.05, 0.1) is 11.0 Å². The second kappa shape index (κ2) is 7.45. The predicted molar refractivity (Wildman–Crippen MR) is 88.9 cm³/mol. The van der Waals surface area contributed by atoms with Crippen LogP contribution in [0.3, 0.4) is 0 Å². The van der Waals surface area contributed by atoms with E-state index < -0.39 is 12.0 Å². The van der Waals surface area contributed by atoms with E-state index in [0.717, 1.165) is 30.3 Å². The minimum atomic E-state index is -4.52. The van der Waals surface area contributed by atoms with E-state index in [0.29, 0.717) is 23.4 Å². The molecule has 1 heterocycles. The largest absolute Gasteiger partial charge is 0.449 e. The van der Waals surface area contributed by atoms with Gasteiger partial charge in [0.25, 0.3) is 0 Å². The summed E-state index contributed by atoms with van der Waals surface area (Å²) in [6.45, 7) is 0.209. The standard InChI is InChI=1S/C18H22F3N3O/c19-18(20,21)17-23-14-8-4-5-9-15(14)24(17)11-10-22-16(25)12-13-6-2-1-3-7-13/h4-5,8-9,13H,1-3,6-7,10-12H2,(H,22,25). The highest BCUT2D eigenvalue weighted by Crippen LogP contribution is 2.31. The quantitative estimate of drug-likeness (QED) is 0.878. The molecule has 1 N–H and O–H groups in total. The summed E-state index contributed by atoms with van der Waals surface area (Å²) in [5.41, 5.74) is 0.736. The summed E-state index contributed by atoms with van der Waals surface area (Å²) in [4.78, 5) is 15.7. The van der Waals surface area contributed by atoms with Crippen molar-refractivity contribution in [3.8, 4) is 0 Å². The monoisotopic (exact) mass is 353 g/mol. The maximum atomic E-state index is 13.2. The molecule has 0 atom stereocenters. The van der Waals surface area contributed by atoms with Gasteiger partial charge in [-0.25, -0.2) is 4.98 Å². The van der Waals surface area contributed by atoms with Crippen molar-refractivity contribution >= 4 is 16.9 Å². The summed E-state index contributed by atoms with van der Waals surface area (Å²) in [6.07, 6.45) is 1.63. The molecule has 3 rings (SSSR count). The van der Waals surface area contributed by atoms with Gasteiger partial charge in [-0.2, -0.15) is 13.2 Å². The molecule has 1 saturated carbocycles. The van der Waals surface area contributed by atoms with Gasteiger partial charge in [-0.3, -0.25) is 4.79 Å². The van der Waals surface area contributed by atoms with E-state index in [2.05, 4.69) is 10.3 Å². The van der Waals surface area contributed by atoms with Crippen LogP contribution in [0.2, 0.25) is 0 Å². The number of hydrogen-bond acceptors (Lipinski definition) is 2. The van der Waals surface area contributed by atoms with E-state index in [4.69, 9.17) is 0 Å². The number of nitrogens with one attached hydrogen (secondary N) is 1. The molecule has 2 aromatic rings. The van der Waals surface area contributed by atoms with Gasteiger partial charge in [0, 0.05) is 19.5 Å². The third-order valence-electron chi connectivity index (χ3n) is 4.76. The summed E-state index contributed by atoms with van der Waals surface area (Å²) in [5, 5.41) is 2.76. The second-order valence-electron chi connectivity index (χ2n) is 6.63. The first-order chi connectivity index (χ1) is 11.9. The number of imidazole rings is 1. The predicted octanol–water partition coefficient (Wildman–Crippen LogP) is 4.14. The first-order valence-corrected chi connectivity index (χ1v) is 8.74. The lowest BCUT2D eigenvalue weighted by atomic mass is 9.87. The van der Waals surface area contributed by atoms with Gasteiger partial charge in [-0.15, -0.1) is 0 Å². The summed E-state index contributed by atoms with van der Waals surface area (Å²) in [6, 6.07) is 6.51. The lowest BCUT2D eigenvalue weighted by molar-refractivity contribution is -0.146. The smallest absolute Gasteiger partial charge is 0.354 e. The number of fused-ring (bicyclic) bond motifs is 1. The number of carbonyl (C=O) groups is 1. The van der Waals surface area contributed by atoms with Crippen LogP contribution in [0.4, 0.5) is 13.2 Å². The summed E-state index contributed by atoms with van der Waals surface area (Å²) in [5.74, 6) is -0.589. The number of benzene rings is 1. The number of carbonyl (C=O) groups excluding carboxylic acids is 1. The molecule has 136 valence electrons. The highest BCUT2D eigenvalue weighted by atomic mass is 19.4. The van der Waals surface area contributed by atoms with Gasteiger partial charge in [0.2, 0.25) is 11.7 Å². The van der Waals surface area contributed by atoms with Gasteiger partial charge in [-0.1, -0.05) is 31.4 Å². The summed E-state index contributed by atoms with van der Waals surface area (Å²) >= 11 is 0. The van der Waals surface area contributed by atoms with Crippen LogP contribution < -0.4 is 5.32 Å². The first kappa shape index (κ1) is 17.8. The highest BCUT2D eigenvalue weighted by molar-refractivity contribution is 5.77. The fourth-order valence-corrected chi connectivity index (χ4v) is 3.55. The molecule has 1 fully saturated rings. The molecular formula is C18H22F3N3O. The van der Waals surface area contributed by atoms with Crippen LogP contribution in [0.5, 0.6) is 0 Å². The normalized spacial score (nSPS) is 16.3. The van der Waals surface area contributed by atoms with Gasteiger partial charge >= 0.3 is 6.18 Å². The molecule has 4 nitrogen and oxygen atoms in total. The van der Waals surface area contributed by atoms with E-state index in [9.17, 15) is 18.0 Å². The molecule has 1 aliphatic rings. The molecule has 0 aliphatic heterocycles. The number of aromatic nitrogens is 2. The topological polar surface area (TPSA) is 46.9 Å². The molecule has 1 aromatic heterocycles. The summed E-state index contributed by atoms with van der Waals surface area (Å²) in [7, 11) is 0. The van der Waals surface area contributed by atoms with Crippen LogP contribution in [-0.4, -0.2) is 22.0 Å². The molecule has 25 heavy (non-hydrogen) atoms. The van der Waals surface area contributed by atoms with Gasteiger partial charge in [0.1, 0.15) is 0 Å². The van der Waals surface area contributed by atoms with E-state index >= 15 is 0 Å². The fraction of sp³-hybridized carbons (Fsp3) is 0.556. The van der Waals surface area contributed by atoms with Crippen molar-refractivity contribution in [1.82, 2.24) is 14.9 Å². The third-order valence-corrected chi connectivity index (χ3v) is 4.76. The molecule has 1 aromatic carbocycles. The van der Waals surface area contributed by atoms with E-state index in [1.165, 1.54) is 6.42 Å².